The Balaban J connectivity index is 2.34. The number of aliphatic imine (C=N–C) groups is 1. The molecule has 0 unspecified atom stereocenters. The normalized spacial score (nSPS) is 13.0. The average Bonchev–Trinajstić information content (AvgIpc) is 2.56. The Morgan fingerprint density at radius 2 is 2.04 bits per heavy atom. The number of nitrogens with zero attached hydrogens (tertiary/aromatic N) is 2. The summed E-state index contributed by atoms with van der Waals surface area (Å²) in [6, 6.07) is 13.0. The molecule has 0 saturated heterocycles. The van der Waals surface area contributed by atoms with E-state index in [1.807, 2.05) is 49.7 Å². The summed E-state index contributed by atoms with van der Waals surface area (Å²) >= 11 is 7.80. The number of halogens is 1. The first-order chi connectivity index (χ1) is 10.9. The molecule has 2 rings (SSSR count). The summed E-state index contributed by atoms with van der Waals surface area (Å²) in [6.45, 7) is 0. The molecule has 0 spiro atoms. The summed E-state index contributed by atoms with van der Waals surface area (Å²) in [7, 11) is 0.762. The molecular formula is C16H18ClN3OS2. The van der Waals surface area contributed by atoms with Gasteiger partial charge in [-0.15, -0.1) is 11.8 Å². The number of rotatable bonds is 4. The molecule has 0 aliphatic rings. The maximum Gasteiger partial charge on any atom is 0.200 e. The molecule has 2 aromatic carbocycles. The van der Waals surface area contributed by atoms with Gasteiger partial charge in [0.05, 0.1) is 10.7 Å². The monoisotopic (exact) mass is 367 g/mol. The van der Waals surface area contributed by atoms with Gasteiger partial charge in [-0.2, -0.15) is 0 Å². The van der Waals surface area contributed by atoms with Crippen LogP contribution in [-0.2, 0) is 10.8 Å². The maximum atomic E-state index is 11.6. The van der Waals surface area contributed by atoms with E-state index in [-0.39, 0.29) is 0 Å². The molecule has 122 valence electrons. The predicted octanol–water partition coefficient (Wildman–Crippen LogP) is 3.88. The number of anilines is 1. The molecule has 7 heteroatoms. The fraction of sp³-hybridized carbons (Fsp3) is 0.188. The number of guanidine groups is 1. The summed E-state index contributed by atoms with van der Waals surface area (Å²) < 4.78 is 11.6. The molecule has 0 bridgehead atoms. The second kappa shape index (κ2) is 7.86. The van der Waals surface area contributed by atoms with Gasteiger partial charge in [0.2, 0.25) is 5.96 Å². The van der Waals surface area contributed by atoms with E-state index >= 15 is 0 Å². The highest BCUT2D eigenvalue weighted by Crippen LogP contribution is 2.30. The van der Waals surface area contributed by atoms with Crippen molar-refractivity contribution in [2.75, 3.05) is 24.5 Å². The van der Waals surface area contributed by atoms with Gasteiger partial charge in [-0.3, -0.25) is 4.21 Å². The molecule has 1 atom stereocenters. The van der Waals surface area contributed by atoms with Crippen molar-refractivity contribution in [3.63, 3.8) is 0 Å². The Kier molecular flexibility index (Phi) is 6.10. The van der Waals surface area contributed by atoms with Crippen LogP contribution >= 0.6 is 23.4 Å². The number of hydrogen-bond acceptors (Lipinski definition) is 3. The molecule has 4 nitrogen and oxygen atoms in total. The van der Waals surface area contributed by atoms with Crippen LogP contribution < -0.4 is 10.6 Å². The van der Waals surface area contributed by atoms with Gasteiger partial charge in [-0.25, -0.2) is 4.99 Å². The molecule has 2 N–H and O–H groups in total. The summed E-state index contributed by atoms with van der Waals surface area (Å²) in [5, 5.41) is 0.544. The van der Waals surface area contributed by atoms with E-state index < -0.39 is 10.8 Å². The summed E-state index contributed by atoms with van der Waals surface area (Å²) in [6.07, 6.45) is 3.63. The molecule has 0 saturated carbocycles. The lowest BCUT2D eigenvalue weighted by Crippen LogP contribution is -2.33. The number of nitrogens with two attached hydrogens (primary N) is 1. The predicted molar refractivity (Wildman–Crippen MR) is 102 cm³/mol. The third-order valence-corrected chi connectivity index (χ3v) is 5.23. The van der Waals surface area contributed by atoms with Crippen LogP contribution in [0.2, 0.25) is 5.02 Å². The molecule has 0 amide bonds. The minimum atomic E-state index is -1.05. The van der Waals surface area contributed by atoms with Crippen LogP contribution in [0.5, 0.6) is 0 Å². The van der Waals surface area contributed by atoms with Gasteiger partial charge in [0.25, 0.3) is 0 Å². The van der Waals surface area contributed by atoms with Gasteiger partial charge in [0, 0.05) is 39.6 Å². The van der Waals surface area contributed by atoms with Crippen LogP contribution in [0.1, 0.15) is 0 Å². The van der Waals surface area contributed by atoms with Gasteiger partial charge >= 0.3 is 0 Å². The summed E-state index contributed by atoms with van der Waals surface area (Å²) in [4.78, 5) is 7.95. The molecule has 23 heavy (non-hydrogen) atoms. The standard InChI is InChI=1S/C16H18ClN3OS2/c1-20(11-5-4-6-13(9-11)23(3)21)16(18)19-15-10-12(22-2)7-8-14(15)17/h4-10H,1-3H3,(H2,18,19)/t23-/m1/s1. The fourth-order valence-electron chi connectivity index (χ4n) is 1.91. The lowest BCUT2D eigenvalue weighted by Gasteiger charge is -2.19. The first kappa shape index (κ1) is 17.8. The largest absolute Gasteiger partial charge is 0.369 e. The Morgan fingerprint density at radius 1 is 1.30 bits per heavy atom. The van der Waals surface area contributed by atoms with Crippen molar-refractivity contribution in [3.8, 4) is 0 Å². The SMILES string of the molecule is CSc1ccc(Cl)c(N=C(N)N(C)c2cccc([S@@](C)=O)c2)c1. The summed E-state index contributed by atoms with van der Waals surface area (Å²) in [5.41, 5.74) is 7.54. The Morgan fingerprint density at radius 3 is 2.70 bits per heavy atom. The molecule has 0 radical (unpaired) electrons. The van der Waals surface area contributed by atoms with E-state index in [2.05, 4.69) is 4.99 Å². The third-order valence-electron chi connectivity index (χ3n) is 3.27. The zero-order chi connectivity index (χ0) is 17.0. The smallest absolute Gasteiger partial charge is 0.200 e. The van der Waals surface area contributed by atoms with Crippen molar-refractivity contribution in [2.24, 2.45) is 10.7 Å². The maximum absolute atomic E-state index is 11.6. The number of benzene rings is 2. The van der Waals surface area contributed by atoms with E-state index in [0.29, 0.717) is 16.7 Å². The van der Waals surface area contributed by atoms with Crippen molar-refractivity contribution < 1.29 is 4.21 Å². The van der Waals surface area contributed by atoms with Crippen molar-refractivity contribution >= 4 is 51.5 Å². The van der Waals surface area contributed by atoms with E-state index in [0.717, 1.165) is 15.5 Å². The topological polar surface area (TPSA) is 58.7 Å². The Labute approximate surface area is 148 Å². The average molecular weight is 368 g/mol. The molecule has 0 aromatic heterocycles. The fourth-order valence-corrected chi connectivity index (χ4v) is 3.06. The summed E-state index contributed by atoms with van der Waals surface area (Å²) in [5.74, 6) is 0.309. The van der Waals surface area contributed by atoms with Crippen molar-refractivity contribution in [2.45, 2.75) is 9.79 Å². The Hall–Kier alpha value is -1.50. The van der Waals surface area contributed by atoms with Crippen LogP contribution in [0, 0.1) is 0 Å². The van der Waals surface area contributed by atoms with Gasteiger partial charge in [-0.1, -0.05) is 17.7 Å². The van der Waals surface area contributed by atoms with Gasteiger partial charge in [0.15, 0.2) is 0 Å². The quantitative estimate of drug-likeness (QED) is 0.506. The van der Waals surface area contributed by atoms with Gasteiger partial charge in [-0.05, 0) is 42.7 Å². The van der Waals surface area contributed by atoms with Crippen molar-refractivity contribution in [3.05, 3.63) is 47.5 Å². The van der Waals surface area contributed by atoms with Crippen LogP contribution in [0.3, 0.4) is 0 Å². The highest BCUT2D eigenvalue weighted by Gasteiger charge is 2.09. The first-order valence-electron chi connectivity index (χ1n) is 6.77. The van der Waals surface area contributed by atoms with E-state index in [1.54, 1.807) is 29.0 Å². The highest BCUT2D eigenvalue weighted by atomic mass is 35.5. The van der Waals surface area contributed by atoms with Crippen LogP contribution in [0.25, 0.3) is 0 Å². The zero-order valence-corrected chi connectivity index (χ0v) is 15.5. The third kappa shape index (κ3) is 4.50. The number of hydrogen-bond donors (Lipinski definition) is 1. The second-order valence-electron chi connectivity index (χ2n) is 4.80. The molecule has 0 aliphatic heterocycles. The molecular weight excluding hydrogens is 350 g/mol. The Bertz CT molecular complexity index is 765. The van der Waals surface area contributed by atoms with E-state index in [4.69, 9.17) is 17.3 Å². The first-order valence-corrected chi connectivity index (χ1v) is 9.93. The molecule has 2 aromatic rings. The van der Waals surface area contributed by atoms with Crippen molar-refractivity contribution in [1.29, 1.82) is 0 Å². The zero-order valence-electron chi connectivity index (χ0n) is 13.1. The van der Waals surface area contributed by atoms with Crippen LogP contribution in [0.4, 0.5) is 11.4 Å². The van der Waals surface area contributed by atoms with Crippen LogP contribution in [-0.4, -0.2) is 29.7 Å². The van der Waals surface area contributed by atoms with E-state index in [1.165, 1.54) is 0 Å². The molecule has 0 aliphatic carbocycles. The highest BCUT2D eigenvalue weighted by molar-refractivity contribution is 7.98. The number of thioether (sulfide) groups is 1. The second-order valence-corrected chi connectivity index (χ2v) is 7.46. The van der Waals surface area contributed by atoms with E-state index in [9.17, 15) is 4.21 Å². The minimum Gasteiger partial charge on any atom is -0.369 e. The van der Waals surface area contributed by atoms with Gasteiger partial charge in [0.1, 0.15) is 0 Å². The lowest BCUT2D eigenvalue weighted by atomic mass is 10.3. The van der Waals surface area contributed by atoms with Crippen molar-refractivity contribution in [1.82, 2.24) is 0 Å². The molecule has 0 fully saturated rings. The van der Waals surface area contributed by atoms with Gasteiger partial charge < -0.3 is 10.6 Å². The lowest BCUT2D eigenvalue weighted by molar-refractivity contribution is 0.687. The van der Waals surface area contributed by atoms with Crippen LogP contribution in [0.15, 0.2) is 57.2 Å². The minimum absolute atomic E-state index is 0.309. The molecule has 0 heterocycles.